The maximum Gasteiger partial charge on any atom is 0.124 e. The number of aromatic nitrogens is 1. The third-order valence-corrected chi connectivity index (χ3v) is 2.64. The molecule has 5 nitrogen and oxygen atoms in total. The number of rotatable bonds is 5. The quantitative estimate of drug-likeness (QED) is 0.747. The van der Waals surface area contributed by atoms with E-state index in [0.717, 1.165) is 45.0 Å². The van der Waals surface area contributed by atoms with Crippen molar-refractivity contribution in [2.75, 3.05) is 33.4 Å². The van der Waals surface area contributed by atoms with Crippen molar-refractivity contribution in [1.29, 1.82) is 0 Å². The second-order valence-electron chi connectivity index (χ2n) is 4.08. The lowest BCUT2D eigenvalue weighted by Gasteiger charge is -2.24. The van der Waals surface area contributed by atoms with E-state index in [1.165, 1.54) is 0 Å². The molecule has 1 aliphatic rings. The topological polar surface area (TPSA) is 47.7 Å². The van der Waals surface area contributed by atoms with Crippen molar-refractivity contribution < 1.29 is 14.0 Å². The molecule has 0 aliphatic carbocycles. The van der Waals surface area contributed by atoms with Crippen LogP contribution < -0.4 is 0 Å². The van der Waals surface area contributed by atoms with Crippen LogP contribution in [-0.4, -0.2) is 49.6 Å². The minimum absolute atomic E-state index is 0.244. The predicted molar refractivity (Wildman–Crippen MR) is 58.0 cm³/mol. The van der Waals surface area contributed by atoms with E-state index in [-0.39, 0.29) is 6.10 Å². The van der Waals surface area contributed by atoms with Gasteiger partial charge in [-0.3, -0.25) is 0 Å². The van der Waals surface area contributed by atoms with E-state index in [4.69, 9.17) is 14.0 Å². The standard InChI is InChI=1S/C11H18N2O3/c1-13(8-10-3-5-16-12-10)4-2-11-9-14-6-7-15-11/h3,5,11H,2,4,6-9H2,1H3. The molecule has 1 atom stereocenters. The van der Waals surface area contributed by atoms with Crippen molar-refractivity contribution in [3.63, 3.8) is 0 Å². The summed E-state index contributed by atoms with van der Waals surface area (Å²) in [6.07, 6.45) is 2.84. The smallest absolute Gasteiger partial charge is 0.124 e. The van der Waals surface area contributed by atoms with Crippen LogP contribution in [0.1, 0.15) is 12.1 Å². The zero-order valence-electron chi connectivity index (χ0n) is 9.59. The van der Waals surface area contributed by atoms with Gasteiger partial charge in [-0.15, -0.1) is 0 Å². The van der Waals surface area contributed by atoms with Gasteiger partial charge in [0.25, 0.3) is 0 Å². The molecule has 90 valence electrons. The maximum absolute atomic E-state index is 5.58. The Balaban J connectivity index is 1.65. The van der Waals surface area contributed by atoms with E-state index in [2.05, 4.69) is 17.1 Å². The third-order valence-electron chi connectivity index (χ3n) is 2.64. The monoisotopic (exact) mass is 226 g/mol. The molecule has 0 radical (unpaired) electrons. The molecule has 1 aromatic heterocycles. The summed E-state index contributed by atoms with van der Waals surface area (Å²) in [6.45, 7) is 3.95. The highest BCUT2D eigenvalue weighted by Gasteiger charge is 2.14. The summed E-state index contributed by atoms with van der Waals surface area (Å²) in [4.78, 5) is 2.20. The first-order valence-corrected chi connectivity index (χ1v) is 5.62. The minimum Gasteiger partial charge on any atom is -0.376 e. The molecular formula is C11H18N2O3. The molecule has 2 heterocycles. The Morgan fingerprint density at radius 2 is 2.44 bits per heavy atom. The van der Waals surface area contributed by atoms with Crippen LogP contribution >= 0.6 is 0 Å². The van der Waals surface area contributed by atoms with Crippen LogP contribution in [0.3, 0.4) is 0 Å². The second-order valence-corrected chi connectivity index (χ2v) is 4.08. The highest BCUT2D eigenvalue weighted by molar-refractivity contribution is 4.94. The average Bonchev–Trinajstić information content (AvgIpc) is 2.81. The Morgan fingerprint density at radius 1 is 1.50 bits per heavy atom. The lowest BCUT2D eigenvalue weighted by atomic mass is 10.2. The number of ether oxygens (including phenoxy) is 2. The SMILES string of the molecule is CN(CCC1COCCO1)Cc1ccon1. The zero-order valence-corrected chi connectivity index (χ0v) is 9.59. The highest BCUT2D eigenvalue weighted by atomic mass is 16.6. The van der Waals surface area contributed by atoms with E-state index in [0.29, 0.717) is 0 Å². The average molecular weight is 226 g/mol. The third kappa shape index (κ3) is 3.59. The Morgan fingerprint density at radius 3 is 3.12 bits per heavy atom. The van der Waals surface area contributed by atoms with Gasteiger partial charge in [-0.05, 0) is 13.5 Å². The first-order valence-electron chi connectivity index (χ1n) is 5.62. The van der Waals surface area contributed by atoms with Crippen molar-refractivity contribution in [1.82, 2.24) is 10.1 Å². The Bertz CT molecular complexity index is 283. The molecule has 1 fully saturated rings. The first kappa shape index (κ1) is 11.6. The minimum atomic E-state index is 0.244. The molecule has 2 rings (SSSR count). The van der Waals surface area contributed by atoms with Crippen LogP contribution in [0.2, 0.25) is 0 Å². The van der Waals surface area contributed by atoms with Crippen LogP contribution in [-0.2, 0) is 16.0 Å². The van der Waals surface area contributed by atoms with E-state index >= 15 is 0 Å². The fourth-order valence-electron chi connectivity index (χ4n) is 1.74. The fraction of sp³-hybridized carbons (Fsp3) is 0.727. The predicted octanol–water partition coefficient (Wildman–Crippen LogP) is 0.912. The van der Waals surface area contributed by atoms with Gasteiger partial charge in [-0.2, -0.15) is 0 Å². The van der Waals surface area contributed by atoms with Crippen molar-refractivity contribution in [3.8, 4) is 0 Å². The van der Waals surface area contributed by atoms with Crippen LogP contribution in [0.15, 0.2) is 16.9 Å². The molecule has 0 N–H and O–H groups in total. The van der Waals surface area contributed by atoms with Crippen LogP contribution in [0.4, 0.5) is 0 Å². The lowest BCUT2D eigenvalue weighted by Crippen LogP contribution is -2.32. The van der Waals surface area contributed by atoms with Gasteiger partial charge in [0.05, 0.1) is 31.6 Å². The van der Waals surface area contributed by atoms with Crippen molar-refractivity contribution in [3.05, 3.63) is 18.0 Å². The summed E-state index contributed by atoms with van der Waals surface area (Å²) < 4.78 is 15.7. The van der Waals surface area contributed by atoms with Crippen molar-refractivity contribution >= 4 is 0 Å². The molecule has 1 unspecified atom stereocenters. The highest BCUT2D eigenvalue weighted by Crippen LogP contribution is 2.07. The maximum atomic E-state index is 5.58. The van der Waals surface area contributed by atoms with Gasteiger partial charge in [0, 0.05) is 19.2 Å². The lowest BCUT2D eigenvalue weighted by molar-refractivity contribution is -0.0924. The summed E-state index contributed by atoms with van der Waals surface area (Å²) in [5.74, 6) is 0. The summed E-state index contributed by atoms with van der Waals surface area (Å²) >= 11 is 0. The summed E-state index contributed by atoms with van der Waals surface area (Å²) in [5, 5.41) is 3.88. The second kappa shape index (κ2) is 5.98. The van der Waals surface area contributed by atoms with E-state index in [1.54, 1.807) is 6.26 Å². The van der Waals surface area contributed by atoms with Gasteiger partial charge in [0.2, 0.25) is 0 Å². The Hall–Kier alpha value is -0.910. The Labute approximate surface area is 95.3 Å². The molecule has 1 aromatic rings. The molecule has 0 aromatic carbocycles. The number of nitrogens with zero attached hydrogens (tertiary/aromatic N) is 2. The zero-order chi connectivity index (χ0) is 11.2. The summed E-state index contributed by atoms with van der Waals surface area (Å²) in [5.41, 5.74) is 0.961. The van der Waals surface area contributed by atoms with Gasteiger partial charge in [0.1, 0.15) is 6.26 Å². The first-order chi connectivity index (χ1) is 7.84. The van der Waals surface area contributed by atoms with Crippen LogP contribution in [0, 0.1) is 0 Å². The summed E-state index contributed by atoms with van der Waals surface area (Å²) in [6, 6.07) is 1.89. The number of hydrogen-bond acceptors (Lipinski definition) is 5. The van der Waals surface area contributed by atoms with Gasteiger partial charge in [-0.25, -0.2) is 0 Å². The summed E-state index contributed by atoms with van der Waals surface area (Å²) in [7, 11) is 2.07. The van der Waals surface area contributed by atoms with Gasteiger partial charge in [0.15, 0.2) is 0 Å². The van der Waals surface area contributed by atoms with Crippen LogP contribution in [0.25, 0.3) is 0 Å². The van der Waals surface area contributed by atoms with Gasteiger partial charge < -0.3 is 18.9 Å². The molecule has 1 aliphatic heterocycles. The van der Waals surface area contributed by atoms with Crippen LogP contribution in [0.5, 0.6) is 0 Å². The molecule has 0 bridgehead atoms. The van der Waals surface area contributed by atoms with Crippen molar-refractivity contribution in [2.45, 2.75) is 19.1 Å². The van der Waals surface area contributed by atoms with Gasteiger partial charge in [-0.1, -0.05) is 5.16 Å². The van der Waals surface area contributed by atoms with E-state index in [1.807, 2.05) is 6.07 Å². The molecule has 0 spiro atoms. The molecule has 5 heteroatoms. The molecule has 0 saturated carbocycles. The largest absolute Gasteiger partial charge is 0.376 e. The molecule has 1 saturated heterocycles. The van der Waals surface area contributed by atoms with Gasteiger partial charge >= 0.3 is 0 Å². The number of hydrogen-bond donors (Lipinski definition) is 0. The normalized spacial score (nSPS) is 21.5. The van der Waals surface area contributed by atoms with E-state index in [9.17, 15) is 0 Å². The molecule has 16 heavy (non-hydrogen) atoms. The molecular weight excluding hydrogens is 208 g/mol. The Kier molecular flexibility index (Phi) is 4.33. The van der Waals surface area contributed by atoms with E-state index < -0.39 is 0 Å². The fourth-order valence-corrected chi connectivity index (χ4v) is 1.74. The van der Waals surface area contributed by atoms with Crippen molar-refractivity contribution in [2.24, 2.45) is 0 Å². The molecule has 0 amide bonds.